The zero-order valence-corrected chi connectivity index (χ0v) is 12.0. The van der Waals surface area contributed by atoms with Gasteiger partial charge in [0.05, 0.1) is 11.3 Å². The third-order valence-electron chi connectivity index (χ3n) is 3.24. The molecule has 0 aliphatic rings. The summed E-state index contributed by atoms with van der Waals surface area (Å²) < 4.78 is 1.59. The van der Waals surface area contributed by atoms with Crippen LogP contribution >= 0.6 is 12.2 Å². The third-order valence-corrected chi connectivity index (χ3v) is 3.46. The van der Waals surface area contributed by atoms with Crippen LogP contribution in [0.3, 0.4) is 0 Å². The minimum Gasteiger partial charge on any atom is -0.389 e. The summed E-state index contributed by atoms with van der Waals surface area (Å²) in [6.07, 6.45) is 0. The maximum Gasteiger partial charge on any atom is 0.261 e. The molecular formula is C15H16N2OS. The van der Waals surface area contributed by atoms with Crippen molar-refractivity contribution in [3.63, 3.8) is 0 Å². The normalized spacial score (nSPS) is 10.5. The molecule has 0 fully saturated rings. The van der Waals surface area contributed by atoms with E-state index in [9.17, 15) is 4.79 Å². The zero-order chi connectivity index (χ0) is 14.2. The Bertz CT molecular complexity index is 717. The second-order valence-electron chi connectivity index (χ2n) is 4.68. The van der Waals surface area contributed by atoms with Crippen molar-refractivity contribution in [2.75, 3.05) is 0 Å². The Morgan fingerprint density at radius 1 is 1.21 bits per heavy atom. The zero-order valence-electron chi connectivity index (χ0n) is 11.2. The van der Waals surface area contributed by atoms with Crippen molar-refractivity contribution in [2.24, 2.45) is 12.8 Å². The summed E-state index contributed by atoms with van der Waals surface area (Å²) in [5, 5.41) is 0. The first-order valence-electron chi connectivity index (χ1n) is 5.99. The van der Waals surface area contributed by atoms with Crippen LogP contribution in [0.4, 0.5) is 0 Å². The summed E-state index contributed by atoms with van der Waals surface area (Å²) in [5.41, 5.74) is 9.97. The van der Waals surface area contributed by atoms with E-state index in [2.05, 4.69) is 18.2 Å². The van der Waals surface area contributed by atoms with Gasteiger partial charge in [0.2, 0.25) is 0 Å². The molecule has 0 saturated carbocycles. The molecule has 0 amide bonds. The van der Waals surface area contributed by atoms with E-state index in [1.54, 1.807) is 17.7 Å². The van der Waals surface area contributed by atoms with Gasteiger partial charge < -0.3 is 10.3 Å². The molecule has 0 spiro atoms. The first-order chi connectivity index (χ1) is 8.91. The van der Waals surface area contributed by atoms with E-state index in [1.807, 2.05) is 19.9 Å². The first-order valence-corrected chi connectivity index (χ1v) is 6.40. The molecule has 0 aliphatic heterocycles. The van der Waals surface area contributed by atoms with Crippen molar-refractivity contribution in [3.05, 3.63) is 57.4 Å². The van der Waals surface area contributed by atoms with E-state index in [1.165, 1.54) is 0 Å². The predicted octanol–water partition coefficient (Wildman–Crippen LogP) is 2.30. The van der Waals surface area contributed by atoms with Crippen LogP contribution in [0.5, 0.6) is 0 Å². The molecule has 3 nitrogen and oxygen atoms in total. The van der Waals surface area contributed by atoms with Crippen molar-refractivity contribution in [1.82, 2.24) is 4.57 Å². The molecule has 1 aromatic carbocycles. The van der Waals surface area contributed by atoms with Gasteiger partial charge >= 0.3 is 0 Å². The summed E-state index contributed by atoms with van der Waals surface area (Å²) in [4.78, 5) is 12.3. The average molecular weight is 272 g/mol. The van der Waals surface area contributed by atoms with E-state index in [-0.39, 0.29) is 10.5 Å². The maximum absolute atomic E-state index is 12.2. The van der Waals surface area contributed by atoms with Gasteiger partial charge in [-0.15, -0.1) is 0 Å². The Balaban J connectivity index is 2.71. The van der Waals surface area contributed by atoms with Gasteiger partial charge in [0.15, 0.2) is 0 Å². The minimum atomic E-state index is -0.161. The van der Waals surface area contributed by atoms with Crippen molar-refractivity contribution in [2.45, 2.75) is 13.8 Å². The highest BCUT2D eigenvalue weighted by Gasteiger charge is 2.11. The van der Waals surface area contributed by atoms with Crippen LogP contribution in [-0.4, -0.2) is 9.56 Å². The van der Waals surface area contributed by atoms with Crippen molar-refractivity contribution < 1.29 is 0 Å². The van der Waals surface area contributed by atoms with Crippen LogP contribution in [0.2, 0.25) is 0 Å². The average Bonchev–Trinajstić information content (AvgIpc) is 2.35. The number of benzene rings is 1. The van der Waals surface area contributed by atoms with Gasteiger partial charge in [0.25, 0.3) is 5.56 Å². The number of hydrogen-bond acceptors (Lipinski definition) is 2. The van der Waals surface area contributed by atoms with Crippen LogP contribution < -0.4 is 11.3 Å². The maximum atomic E-state index is 12.2. The Hall–Kier alpha value is -1.94. The van der Waals surface area contributed by atoms with E-state index >= 15 is 0 Å². The smallest absolute Gasteiger partial charge is 0.261 e. The lowest BCUT2D eigenvalue weighted by molar-refractivity contribution is 0.866. The summed E-state index contributed by atoms with van der Waals surface area (Å²) in [7, 11) is 1.74. The quantitative estimate of drug-likeness (QED) is 0.853. The molecule has 1 heterocycles. The predicted molar refractivity (Wildman–Crippen MR) is 82.5 cm³/mol. The highest BCUT2D eigenvalue weighted by molar-refractivity contribution is 7.80. The number of aromatic nitrogens is 1. The van der Waals surface area contributed by atoms with Crippen molar-refractivity contribution >= 4 is 17.2 Å². The fourth-order valence-corrected chi connectivity index (χ4v) is 2.26. The summed E-state index contributed by atoms with van der Waals surface area (Å²) in [6, 6.07) is 9.76. The molecule has 98 valence electrons. The SMILES string of the molecule is Cc1ccc(C)c(-c2ccc(C(N)=S)c(=O)n2C)c1. The molecule has 0 aliphatic carbocycles. The summed E-state index contributed by atoms with van der Waals surface area (Å²) in [5.74, 6) is 0. The van der Waals surface area contributed by atoms with Gasteiger partial charge in [-0.2, -0.15) is 0 Å². The standard InChI is InChI=1S/C15H16N2OS/c1-9-4-5-10(2)12(8-9)13-7-6-11(14(16)19)15(18)17(13)3/h4-8H,1-3H3,(H2,16,19). The highest BCUT2D eigenvalue weighted by atomic mass is 32.1. The van der Waals surface area contributed by atoms with Crippen LogP contribution in [0, 0.1) is 13.8 Å². The van der Waals surface area contributed by atoms with Gasteiger partial charge in [-0.3, -0.25) is 4.79 Å². The van der Waals surface area contributed by atoms with E-state index in [0.717, 1.165) is 22.4 Å². The molecule has 0 atom stereocenters. The van der Waals surface area contributed by atoms with Gasteiger partial charge in [-0.05, 0) is 37.6 Å². The molecule has 19 heavy (non-hydrogen) atoms. The summed E-state index contributed by atoms with van der Waals surface area (Å²) >= 11 is 4.88. The Kier molecular flexibility index (Phi) is 3.53. The van der Waals surface area contributed by atoms with Crippen LogP contribution in [0.25, 0.3) is 11.3 Å². The van der Waals surface area contributed by atoms with Gasteiger partial charge in [-0.1, -0.05) is 29.9 Å². The molecule has 2 rings (SSSR count). The molecule has 0 unspecified atom stereocenters. The molecule has 2 aromatic rings. The molecule has 0 radical (unpaired) electrons. The molecule has 0 saturated heterocycles. The number of rotatable bonds is 2. The number of hydrogen-bond donors (Lipinski definition) is 1. The Morgan fingerprint density at radius 2 is 1.89 bits per heavy atom. The number of aryl methyl sites for hydroxylation is 2. The molecule has 2 N–H and O–H groups in total. The molecule has 1 aromatic heterocycles. The largest absolute Gasteiger partial charge is 0.389 e. The Labute approximate surface area is 117 Å². The second kappa shape index (κ2) is 4.97. The van der Waals surface area contributed by atoms with E-state index in [0.29, 0.717) is 5.56 Å². The fourth-order valence-electron chi connectivity index (χ4n) is 2.11. The van der Waals surface area contributed by atoms with Gasteiger partial charge in [-0.25, -0.2) is 0 Å². The number of pyridine rings is 1. The molecule has 4 heteroatoms. The van der Waals surface area contributed by atoms with Gasteiger partial charge in [0, 0.05) is 12.6 Å². The molecular weight excluding hydrogens is 256 g/mol. The van der Waals surface area contributed by atoms with Crippen LogP contribution in [0.15, 0.2) is 35.1 Å². The van der Waals surface area contributed by atoms with Crippen molar-refractivity contribution in [3.8, 4) is 11.3 Å². The van der Waals surface area contributed by atoms with E-state index in [4.69, 9.17) is 18.0 Å². The number of nitrogens with zero attached hydrogens (tertiary/aromatic N) is 1. The topological polar surface area (TPSA) is 48.0 Å². The lowest BCUT2D eigenvalue weighted by Gasteiger charge is -2.13. The van der Waals surface area contributed by atoms with E-state index < -0.39 is 0 Å². The number of nitrogens with two attached hydrogens (primary N) is 1. The minimum absolute atomic E-state index is 0.133. The Morgan fingerprint density at radius 3 is 2.53 bits per heavy atom. The lowest BCUT2D eigenvalue weighted by atomic mass is 10.0. The van der Waals surface area contributed by atoms with Gasteiger partial charge in [0.1, 0.15) is 4.99 Å². The fraction of sp³-hybridized carbons (Fsp3) is 0.200. The summed E-state index contributed by atoms with van der Waals surface area (Å²) in [6.45, 7) is 4.06. The molecule has 0 bridgehead atoms. The van der Waals surface area contributed by atoms with Crippen LogP contribution in [-0.2, 0) is 7.05 Å². The van der Waals surface area contributed by atoms with Crippen LogP contribution in [0.1, 0.15) is 16.7 Å². The highest BCUT2D eigenvalue weighted by Crippen LogP contribution is 2.23. The lowest BCUT2D eigenvalue weighted by Crippen LogP contribution is -2.28. The number of thiocarbonyl (C=S) groups is 1. The first kappa shape index (κ1) is 13.5. The third kappa shape index (κ3) is 2.44. The van der Waals surface area contributed by atoms with Crippen molar-refractivity contribution in [1.29, 1.82) is 0 Å². The second-order valence-corrected chi connectivity index (χ2v) is 5.12. The monoisotopic (exact) mass is 272 g/mol.